The second-order valence-electron chi connectivity index (χ2n) is 2.31. The summed E-state index contributed by atoms with van der Waals surface area (Å²) in [6.07, 6.45) is 5.83. The van der Waals surface area contributed by atoms with Gasteiger partial charge in [0.25, 0.3) is 0 Å². The fourth-order valence-electron chi connectivity index (χ4n) is 0.677. The van der Waals surface area contributed by atoms with Crippen molar-refractivity contribution in [2.24, 2.45) is 0 Å². The molecule has 0 aromatic carbocycles. The molecule has 1 saturated carbocycles. The Kier molecular flexibility index (Phi) is 4.83. The maximum Gasteiger partial charge on any atom is 0.00683 e. The van der Waals surface area contributed by atoms with Gasteiger partial charge in [-0.3, -0.25) is 0 Å². The van der Waals surface area contributed by atoms with E-state index in [1.54, 1.807) is 0 Å². The summed E-state index contributed by atoms with van der Waals surface area (Å²) in [6.45, 7) is 4.76. The third-order valence-electron chi connectivity index (χ3n) is 1.36. The largest absolute Gasteiger partial charge is 0.314 e. The molecule has 1 N–H and O–H groups in total. The SMILES string of the molecule is C=CCCNC1CC1.Cl. The van der Waals surface area contributed by atoms with Gasteiger partial charge in [0.1, 0.15) is 0 Å². The predicted octanol–water partition coefficient (Wildman–Crippen LogP) is 1.74. The lowest BCUT2D eigenvalue weighted by Gasteiger charge is -1.95. The van der Waals surface area contributed by atoms with Crippen LogP contribution in [0.2, 0.25) is 0 Å². The van der Waals surface area contributed by atoms with Crippen LogP contribution in [0.1, 0.15) is 19.3 Å². The molecule has 0 radical (unpaired) electrons. The second kappa shape index (κ2) is 4.83. The van der Waals surface area contributed by atoms with E-state index >= 15 is 0 Å². The maximum atomic E-state index is 3.64. The molecule has 0 amide bonds. The van der Waals surface area contributed by atoms with Crippen LogP contribution in [0.3, 0.4) is 0 Å². The molecule has 0 aromatic heterocycles. The van der Waals surface area contributed by atoms with E-state index < -0.39 is 0 Å². The van der Waals surface area contributed by atoms with E-state index in [1.165, 1.54) is 12.8 Å². The molecule has 0 aromatic rings. The molecular weight excluding hydrogens is 134 g/mol. The highest BCUT2D eigenvalue weighted by atomic mass is 35.5. The van der Waals surface area contributed by atoms with Crippen molar-refractivity contribution in [1.82, 2.24) is 5.32 Å². The van der Waals surface area contributed by atoms with E-state index in [0.29, 0.717) is 0 Å². The van der Waals surface area contributed by atoms with Crippen molar-refractivity contribution < 1.29 is 0 Å². The number of rotatable bonds is 4. The topological polar surface area (TPSA) is 12.0 Å². The molecule has 2 heteroatoms. The minimum Gasteiger partial charge on any atom is -0.314 e. The Labute approximate surface area is 62.9 Å². The average molecular weight is 148 g/mol. The summed E-state index contributed by atoms with van der Waals surface area (Å²) in [4.78, 5) is 0. The third-order valence-corrected chi connectivity index (χ3v) is 1.36. The van der Waals surface area contributed by atoms with Gasteiger partial charge in [-0.05, 0) is 25.8 Å². The van der Waals surface area contributed by atoms with Crippen LogP contribution < -0.4 is 5.32 Å². The van der Waals surface area contributed by atoms with Crippen molar-refractivity contribution in [3.8, 4) is 0 Å². The van der Waals surface area contributed by atoms with Crippen molar-refractivity contribution in [2.45, 2.75) is 25.3 Å². The number of nitrogens with one attached hydrogen (secondary N) is 1. The van der Waals surface area contributed by atoms with Crippen LogP contribution in [0.5, 0.6) is 0 Å². The predicted molar refractivity (Wildman–Crippen MR) is 43.1 cm³/mol. The molecule has 1 aliphatic rings. The van der Waals surface area contributed by atoms with Crippen molar-refractivity contribution in [3.05, 3.63) is 12.7 Å². The summed E-state index contributed by atoms with van der Waals surface area (Å²) < 4.78 is 0. The summed E-state index contributed by atoms with van der Waals surface area (Å²) in [5, 5.41) is 3.39. The van der Waals surface area contributed by atoms with Gasteiger partial charge in [-0.25, -0.2) is 0 Å². The molecule has 0 spiro atoms. The van der Waals surface area contributed by atoms with Gasteiger partial charge in [0.05, 0.1) is 0 Å². The zero-order valence-electron chi connectivity index (χ0n) is 5.60. The van der Waals surface area contributed by atoms with E-state index in [2.05, 4.69) is 11.9 Å². The molecule has 1 aliphatic carbocycles. The maximum absolute atomic E-state index is 3.64. The Morgan fingerprint density at radius 1 is 1.56 bits per heavy atom. The fraction of sp³-hybridized carbons (Fsp3) is 0.714. The molecule has 1 nitrogen and oxygen atoms in total. The highest BCUT2D eigenvalue weighted by Crippen LogP contribution is 2.18. The normalized spacial score (nSPS) is 16.4. The Hall–Kier alpha value is -0.0100. The van der Waals surface area contributed by atoms with Gasteiger partial charge < -0.3 is 5.32 Å². The Morgan fingerprint density at radius 2 is 2.22 bits per heavy atom. The van der Waals surface area contributed by atoms with Gasteiger partial charge in [0.2, 0.25) is 0 Å². The van der Waals surface area contributed by atoms with Crippen LogP contribution in [0.15, 0.2) is 12.7 Å². The van der Waals surface area contributed by atoms with E-state index in [9.17, 15) is 0 Å². The van der Waals surface area contributed by atoms with Crippen LogP contribution in [0.25, 0.3) is 0 Å². The number of hydrogen-bond acceptors (Lipinski definition) is 1. The van der Waals surface area contributed by atoms with Crippen molar-refractivity contribution >= 4 is 12.4 Å². The van der Waals surface area contributed by atoms with E-state index in [0.717, 1.165) is 19.0 Å². The van der Waals surface area contributed by atoms with Crippen molar-refractivity contribution in [3.63, 3.8) is 0 Å². The zero-order chi connectivity index (χ0) is 5.82. The van der Waals surface area contributed by atoms with Gasteiger partial charge in [-0.1, -0.05) is 6.08 Å². The molecule has 0 saturated heterocycles. The summed E-state index contributed by atoms with van der Waals surface area (Å²) in [5.74, 6) is 0. The summed E-state index contributed by atoms with van der Waals surface area (Å²) >= 11 is 0. The van der Waals surface area contributed by atoms with Gasteiger partial charge >= 0.3 is 0 Å². The lowest BCUT2D eigenvalue weighted by atomic mass is 10.4. The molecule has 0 bridgehead atoms. The molecule has 1 rings (SSSR count). The fourth-order valence-corrected chi connectivity index (χ4v) is 0.677. The second-order valence-corrected chi connectivity index (χ2v) is 2.31. The Bertz CT molecular complexity index is 79.0. The smallest absolute Gasteiger partial charge is 0.00683 e. The molecule has 9 heavy (non-hydrogen) atoms. The van der Waals surface area contributed by atoms with E-state index in [4.69, 9.17) is 0 Å². The summed E-state index contributed by atoms with van der Waals surface area (Å²) in [5.41, 5.74) is 0. The molecular formula is C7H14ClN. The lowest BCUT2D eigenvalue weighted by Crippen LogP contribution is -2.16. The van der Waals surface area contributed by atoms with Gasteiger partial charge in [-0.15, -0.1) is 19.0 Å². The molecule has 0 unspecified atom stereocenters. The highest BCUT2D eigenvalue weighted by Gasteiger charge is 2.18. The van der Waals surface area contributed by atoms with Crippen LogP contribution in [-0.4, -0.2) is 12.6 Å². The Balaban J connectivity index is 0.000000640. The average Bonchev–Trinajstić information content (AvgIpc) is 2.51. The molecule has 0 heterocycles. The van der Waals surface area contributed by atoms with Gasteiger partial charge in [-0.2, -0.15) is 0 Å². The molecule has 0 aliphatic heterocycles. The standard InChI is InChI=1S/C7H13N.ClH/c1-2-3-6-8-7-4-5-7;/h2,7-8H,1,3-6H2;1H. The Morgan fingerprint density at radius 3 is 2.67 bits per heavy atom. The van der Waals surface area contributed by atoms with Gasteiger partial charge in [0.15, 0.2) is 0 Å². The summed E-state index contributed by atoms with van der Waals surface area (Å²) in [6, 6.07) is 0.856. The van der Waals surface area contributed by atoms with E-state index in [-0.39, 0.29) is 12.4 Å². The quantitative estimate of drug-likeness (QED) is 0.472. The third kappa shape index (κ3) is 4.49. The van der Waals surface area contributed by atoms with Crippen LogP contribution in [0, 0.1) is 0 Å². The van der Waals surface area contributed by atoms with Crippen LogP contribution >= 0.6 is 12.4 Å². The zero-order valence-corrected chi connectivity index (χ0v) is 6.41. The molecule has 1 fully saturated rings. The van der Waals surface area contributed by atoms with Gasteiger partial charge in [0, 0.05) is 6.04 Å². The van der Waals surface area contributed by atoms with Crippen molar-refractivity contribution in [2.75, 3.05) is 6.54 Å². The number of hydrogen-bond donors (Lipinski definition) is 1. The monoisotopic (exact) mass is 147 g/mol. The first-order chi connectivity index (χ1) is 3.93. The first kappa shape index (κ1) is 8.99. The molecule has 0 atom stereocenters. The first-order valence-corrected chi connectivity index (χ1v) is 3.28. The first-order valence-electron chi connectivity index (χ1n) is 3.28. The minimum absolute atomic E-state index is 0. The van der Waals surface area contributed by atoms with Crippen molar-refractivity contribution in [1.29, 1.82) is 0 Å². The van der Waals surface area contributed by atoms with Crippen LogP contribution in [0.4, 0.5) is 0 Å². The number of halogens is 1. The minimum atomic E-state index is 0. The summed E-state index contributed by atoms with van der Waals surface area (Å²) in [7, 11) is 0. The highest BCUT2D eigenvalue weighted by molar-refractivity contribution is 5.85. The molecule has 54 valence electrons. The van der Waals surface area contributed by atoms with Crippen LogP contribution in [-0.2, 0) is 0 Å². The lowest BCUT2D eigenvalue weighted by molar-refractivity contribution is 0.691. The van der Waals surface area contributed by atoms with E-state index in [1.807, 2.05) is 6.08 Å².